The highest BCUT2D eigenvalue weighted by Gasteiger charge is 2.19. The van der Waals surface area contributed by atoms with E-state index in [1.165, 1.54) is 109 Å². The van der Waals surface area contributed by atoms with Gasteiger partial charge in [-0.15, -0.1) is 0 Å². The summed E-state index contributed by atoms with van der Waals surface area (Å²) in [6, 6.07) is 0. The van der Waals surface area contributed by atoms with E-state index < -0.39 is 6.10 Å². The summed E-state index contributed by atoms with van der Waals surface area (Å²) >= 11 is 0. The Morgan fingerprint density at radius 2 is 0.549 bits per heavy atom. The van der Waals surface area contributed by atoms with Crippen molar-refractivity contribution in [2.45, 2.75) is 284 Å². The molecule has 406 valence electrons. The van der Waals surface area contributed by atoms with Gasteiger partial charge in [-0.05, 0) is 109 Å². The smallest absolute Gasteiger partial charge is 0.306 e. The van der Waals surface area contributed by atoms with E-state index in [0.29, 0.717) is 19.3 Å². The molecule has 0 aliphatic heterocycles. The molecule has 0 fully saturated rings. The number of esters is 3. The molecule has 0 spiro atoms. The van der Waals surface area contributed by atoms with Gasteiger partial charge in [0.2, 0.25) is 0 Å². The van der Waals surface area contributed by atoms with Crippen LogP contribution in [-0.4, -0.2) is 37.2 Å². The zero-order chi connectivity index (χ0) is 51.4. The molecular weight excluding hydrogens is 877 g/mol. The van der Waals surface area contributed by atoms with Crippen molar-refractivity contribution in [1.29, 1.82) is 0 Å². The van der Waals surface area contributed by atoms with Gasteiger partial charge in [-0.3, -0.25) is 14.4 Å². The van der Waals surface area contributed by atoms with Crippen molar-refractivity contribution < 1.29 is 28.6 Å². The molecular formula is C65H110O6. The van der Waals surface area contributed by atoms with E-state index in [9.17, 15) is 14.4 Å². The van der Waals surface area contributed by atoms with Crippen LogP contribution in [0.15, 0.2) is 97.2 Å². The molecule has 0 rings (SSSR count). The second-order valence-electron chi connectivity index (χ2n) is 19.5. The third-order valence-corrected chi connectivity index (χ3v) is 12.5. The van der Waals surface area contributed by atoms with Crippen molar-refractivity contribution in [2.75, 3.05) is 13.2 Å². The molecule has 0 saturated heterocycles. The molecule has 6 nitrogen and oxygen atoms in total. The van der Waals surface area contributed by atoms with Gasteiger partial charge in [0.25, 0.3) is 0 Å². The number of hydrogen-bond donors (Lipinski definition) is 0. The number of allylic oxidation sites excluding steroid dienone is 16. The predicted octanol–water partition coefficient (Wildman–Crippen LogP) is 20.1. The molecule has 0 aliphatic carbocycles. The Morgan fingerprint density at radius 1 is 0.296 bits per heavy atom. The molecule has 0 amide bonds. The van der Waals surface area contributed by atoms with Gasteiger partial charge in [-0.1, -0.05) is 246 Å². The number of carbonyl (C=O) groups is 3. The van der Waals surface area contributed by atoms with Gasteiger partial charge in [0.15, 0.2) is 6.10 Å². The van der Waals surface area contributed by atoms with Crippen LogP contribution in [0, 0.1) is 0 Å². The molecule has 0 saturated carbocycles. The number of unbranched alkanes of at least 4 members (excludes halogenated alkanes) is 26. The Bertz CT molecular complexity index is 1410. The Kier molecular flexibility index (Phi) is 55.9. The molecule has 71 heavy (non-hydrogen) atoms. The summed E-state index contributed by atoms with van der Waals surface area (Å²) in [7, 11) is 0. The number of carbonyl (C=O) groups excluding carboxylic acids is 3. The second kappa shape index (κ2) is 58.9. The van der Waals surface area contributed by atoms with Gasteiger partial charge in [0.1, 0.15) is 13.2 Å². The molecule has 6 heteroatoms. The van der Waals surface area contributed by atoms with E-state index in [1.807, 2.05) is 0 Å². The number of rotatable bonds is 53. The molecule has 0 aromatic rings. The lowest BCUT2D eigenvalue weighted by Gasteiger charge is -2.18. The van der Waals surface area contributed by atoms with E-state index in [2.05, 4.69) is 118 Å². The third-order valence-electron chi connectivity index (χ3n) is 12.5. The summed E-state index contributed by atoms with van der Waals surface area (Å²) < 4.78 is 16.8. The highest BCUT2D eigenvalue weighted by Crippen LogP contribution is 2.16. The van der Waals surface area contributed by atoms with Crippen LogP contribution in [0.5, 0.6) is 0 Å². The van der Waals surface area contributed by atoms with Crippen LogP contribution in [0.4, 0.5) is 0 Å². The van der Waals surface area contributed by atoms with E-state index in [4.69, 9.17) is 14.2 Å². The maximum atomic E-state index is 12.8. The normalized spacial score (nSPS) is 12.8. The monoisotopic (exact) mass is 987 g/mol. The Hall–Kier alpha value is -3.67. The van der Waals surface area contributed by atoms with Crippen molar-refractivity contribution in [3.05, 3.63) is 97.2 Å². The van der Waals surface area contributed by atoms with Gasteiger partial charge in [-0.25, -0.2) is 0 Å². The van der Waals surface area contributed by atoms with E-state index in [1.54, 1.807) is 0 Å². The van der Waals surface area contributed by atoms with Gasteiger partial charge in [0, 0.05) is 19.3 Å². The topological polar surface area (TPSA) is 78.9 Å². The van der Waals surface area contributed by atoms with Crippen molar-refractivity contribution >= 4 is 17.9 Å². The van der Waals surface area contributed by atoms with Crippen LogP contribution in [0.25, 0.3) is 0 Å². The number of ether oxygens (including phenoxy) is 3. The van der Waals surface area contributed by atoms with Crippen molar-refractivity contribution in [1.82, 2.24) is 0 Å². The zero-order valence-corrected chi connectivity index (χ0v) is 46.5. The summed E-state index contributed by atoms with van der Waals surface area (Å²) in [4.78, 5) is 37.9. The minimum atomic E-state index is -0.782. The molecule has 1 unspecified atom stereocenters. The van der Waals surface area contributed by atoms with Crippen LogP contribution in [0.3, 0.4) is 0 Å². The minimum absolute atomic E-state index is 0.0822. The fourth-order valence-corrected chi connectivity index (χ4v) is 8.10. The van der Waals surface area contributed by atoms with Crippen LogP contribution >= 0.6 is 0 Å². The molecule has 0 aromatic heterocycles. The maximum Gasteiger partial charge on any atom is 0.306 e. The standard InChI is InChI=1S/C65H110O6/c1-4-7-10-13-16-19-22-23-24-25-26-27-28-29-30-31-32-33-34-35-36-37-38-39-40-41-42-43-44-47-49-52-55-58-64(67)70-61-62(71-65(68)59-56-53-50-46-21-18-15-12-9-6-3)60-69-63(66)57-54-51-48-45-20-17-14-11-8-5-2/h7,10-12,14-16,19,23-24,26-27,29-30,32-33,62H,4-6,8-9,13,17-18,20-22,25,28,31,34-61H2,1-3H3/b10-7-,14-11-,15-12-,19-16-,24-23-,27-26-,30-29-,33-32-. The lowest BCUT2D eigenvalue weighted by molar-refractivity contribution is -0.167. The molecule has 0 radical (unpaired) electrons. The Labute approximate surface area is 438 Å². The molecule has 0 N–H and O–H groups in total. The molecule has 0 aliphatic rings. The molecule has 1 atom stereocenters. The van der Waals surface area contributed by atoms with Gasteiger partial charge in [-0.2, -0.15) is 0 Å². The van der Waals surface area contributed by atoms with Gasteiger partial charge >= 0.3 is 17.9 Å². The van der Waals surface area contributed by atoms with E-state index in [0.717, 1.165) is 128 Å². The van der Waals surface area contributed by atoms with Crippen LogP contribution in [0.1, 0.15) is 278 Å². The number of hydrogen-bond acceptors (Lipinski definition) is 6. The average molecular weight is 988 g/mol. The Morgan fingerprint density at radius 3 is 0.873 bits per heavy atom. The maximum absolute atomic E-state index is 12.8. The lowest BCUT2D eigenvalue weighted by Crippen LogP contribution is -2.30. The van der Waals surface area contributed by atoms with Gasteiger partial charge in [0.05, 0.1) is 0 Å². The molecule has 0 aromatic carbocycles. The summed E-state index contributed by atoms with van der Waals surface area (Å²) in [5.41, 5.74) is 0. The zero-order valence-electron chi connectivity index (χ0n) is 46.5. The first kappa shape index (κ1) is 67.3. The highest BCUT2D eigenvalue weighted by molar-refractivity contribution is 5.71. The summed E-state index contributed by atoms with van der Waals surface area (Å²) in [5, 5.41) is 0. The van der Waals surface area contributed by atoms with Crippen molar-refractivity contribution in [2.24, 2.45) is 0 Å². The Balaban J connectivity index is 4.05. The quantitative estimate of drug-likeness (QED) is 0.0261. The third kappa shape index (κ3) is 57.1. The first-order valence-corrected chi connectivity index (χ1v) is 29.7. The molecule has 0 bridgehead atoms. The first-order chi connectivity index (χ1) is 35.0. The van der Waals surface area contributed by atoms with E-state index >= 15 is 0 Å². The summed E-state index contributed by atoms with van der Waals surface area (Å²) in [5.74, 6) is -0.903. The van der Waals surface area contributed by atoms with E-state index in [-0.39, 0.29) is 31.1 Å². The first-order valence-electron chi connectivity index (χ1n) is 29.7. The molecule has 0 heterocycles. The van der Waals surface area contributed by atoms with Crippen molar-refractivity contribution in [3.8, 4) is 0 Å². The SMILES string of the molecule is CC/C=C\C/C=C\C/C=C\C/C=C\C/C=C\C/C=C\CCCCCCCCCCCCCCCCC(=O)OCC(COC(=O)CCCCCCC/C=C\CCC)OC(=O)CCCCCCC/C=C\CCC. The van der Waals surface area contributed by atoms with Crippen LogP contribution in [0.2, 0.25) is 0 Å². The highest BCUT2D eigenvalue weighted by atomic mass is 16.6. The summed E-state index contributed by atoms with van der Waals surface area (Å²) in [6.07, 6.45) is 78.6. The lowest BCUT2D eigenvalue weighted by atomic mass is 10.0. The second-order valence-corrected chi connectivity index (χ2v) is 19.5. The fourth-order valence-electron chi connectivity index (χ4n) is 8.10. The van der Waals surface area contributed by atoms with Crippen LogP contribution < -0.4 is 0 Å². The summed E-state index contributed by atoms with van der Waals surface area (Å²) in [6.45, 7) is 6.39. The van der Waals surface area contributed by atoms with Crippen LogP contribution in [-0.2, 0) is 28.6 Å². The van der Waals surface area contributed by atoms with Gasteiger partial charge < -0.3 is 14.2 Å². The fraction of sp³-hybridized carbons (Fsp3) is 0.708. The predicted molar refractivity (Wildman–Crippen MR) is 307 cm³/mol. The average Bonchev–Trinajstić information content (AvgIpc) is 3.37. The van der Waals surface area contributed by atoms with Crippen molar-refractivity contribution in [3.63, 3.8) is 0 Å². The minimum Gasteiger partial charge on any atom is -0.462 e. The largest absolute Gasteiger partial charge is 0.462 e.